The number of nitrogens with zero attached hydrogens (tertiary/aromatic N) is 1. The minimum absolute atomic E-state index is 0.188. The van der Waals surface area contributed by atoms with Crippen LogP contribution >= 0.6 is 0 Å². The number of rotatable bonds is 5. The van der Waals surface area contributed by atoms with Gasteiger partial charge in [-0.3, -0.25) is 4.90 Å². The molecule has 2 rings (SSSR count). The Morgan fingerprint density at radius 2 is 1.76 bits per heavy atom. The predicted octanol–water partition coefficient (Wildman–Crippen LogP) is 3.44. The zero-order valence-corrected chi connectivity index (χ0v) is 14.2. The quantitative estimate of drug-likeness (QED) is 0.899. The summed E-state index contributed by atoms with van der Waals surface area (Å²) in [6.45, 7) is 12.4. The van der Waals surface area contributed by atoms with E-state index in [1.54, 1.807) is 7.11 Å². The number of ether oxygens (including phenoxy) is 1. The summed E-state index contributed by atoms with van der Waals surface area (Å²) in [5.41, 5.74) is 1.81. The molecule has 1 fully saturated rings. The second kappa shape index (κ2) is 6.37. The maximum Gasteiger partial charge on any atom is 0.118 e. The van der Waals surface area contributed by atoms with Crippen molar-refractivity contribution >= 4 is 0 Å². The van der Waals surface area contributed by atoms with E-state index >= 15 is 0 Å². The first-order chi connectivity index (χ1) is 9.94. The highest BCUT2D eigenvalue weighted by Gasteiger charge is 2.40. The van der Waals surface area contributed by atoms with Crippen LogP contribution in [-0.2, 0) is 6.54 Å². The first kappa shape index (κ1) is 16.3. The van der Waals surface area contributed by atoms with Gasteiger partial charge in [0.15, 0.2) is 0 Å². The summed E-state index contributed by atoms with van der Waals surface area (Å²) in [4.78, 5) is 2.62. The van der Waals surface area contributed by atoms with Crippen LogP contribution in [0.3, 0.4) is 0 Å². The molecule has 1 aliphatic rings. The summed E-state index contributed by atoms with van der Waals surface area (Å²) in [6.07, 6.45) is 2.36. The van der Waals surface area contributed by atoms with E-state index in [2.05, 4.69) is 62.2 Å². The largest absolute Gasteiger partial charge is 0.497 e. The fourth-order valence-electron chi connectivity index (χ4n) is 3.10. The van der Waals surface area contributed by atoms with Crippen LogP contribution in [0.25, 0.3) is 0 Å². The van der Waals surface area contributed by atoms with Gasteiger partial charge in [-0.25, -0.2) is 0 Å². The lowest BCUT2D eigenvalue weighted by Gasteiger charge is -2.52. The summed E-state index contributed by atoms with van der Waals surface area (Å²) >= 11 is 0. The molecule has 1 aliphatic heterocycles. The molecule has 1 aromatic rings. The van der Waals surface area contributed by atoms with Crippen LogP contribution in [0.1, 0.15) is 46.1 Å². The molecular formula is C18H30N2O. The SMILES string of the molecule is CCC1(CC)CN(Cc2ccc(OC)cc2)C(C)(C)CN1. The zero-order valence-electron chi connectivity index (χ0n) is 14.2. The molecule has 0 aliphatic carbocycles. The Labute approximate surface area is 129 Å². The third kappa shape index (κ3) is 3.58. The Bertz CT molecular complexity index is 449. The smallest absolute Gasteiger partial charge is 0.118 e. The normalized spacial score (nSPS) is 21.2. The minimum Gasteiger partial charge on any atom is -0.497 e. The van der Waals surface area contributed by atoms with E-state index in [-0.39, 0.29) is 11.1 Å². The van der Waals surface area contributed by atoms with Gasteiger partial charge in [0.1, 0.15) is 5.75 Å². The van der Waals surface area contributed by atoms with Crippen LogP contribution in [0, 0.1) is 0 Å². The highest BCUT2D eigenvalue weighted by molar-refractivity contribution is 5.27. The number of piperazine rings is 1. The number of hydrogen-bond donors (Lipinski definition) is 1. The molecule has 0 saturated carbocycles. The lowest BCUT2D eigenvalue weighted by Crippen LogP contribution is -2.67. The molecule has 3 heteroatoms. The topological polar surface area (TPSA) is 24.5 Å². The molecule has 21 heavy (non-hydrogen) atoms. The molecule has 0 atom stereocenters. The average Bonchev–Trinajstić information content (AvgIpc) is 2.50. The lowest BCUT2D eigenvalue weighted by atomic mass is 9.84. The van der Waals surface area contributed by atoms with Gasteiger partial charge in [-0.15, -0.1) is 0 Å². The Balaban J connectivity index is 2.14. The molecule has 0 radical (unpaired) electrons. The Hall–Kier alpha value is -1.06. The molecule has 1 saturated heterocycles. The highest BCUT2D eigenvalue weighted by Crippen LogP contribution is 2.29. The van der Waals surface area contributed by atoms with Gasteiger partial charge in [-0.1, -0.05) is 26.0 Å². The maximum absolute atomic E-state index is 5.24. The predicted molar refractivity (Wildman–Crippen MR) is 88.8 cm³/mol. The second-order valence-corrected chi connectivity index (χ2v) is 6.86. The van der Waals surface area contributed by atoms with Crippen LogP contribution < -0.4 is 10.1 Å². The number of hydrogen-bond acceptors (Lipinski definition) is 3. The van der Waals surface area contributed by atoms with Crippen molar-refractivity contribution in [3.05, 3.63) is 29.8 Å². The van der Waals surface area contributed by atoms with Crippen LogP contribution in [0.15, 0.2) is 24.3 Å². The van der Waals surface area contributed by atoms with E-state index in [4.69, 9.17) is 4.74 Å². The van der Waals surface area contributed by atoms with Gasteiger partial charge in [0.05, 0.1) is 7.11 Å². The molecule has 1 aromatic carbocycles. The monoisotopic (exact) mass is 290 g/mol. The number of methoxy groups -OCH3 is 1. The molecule has 1 heterocycles. The zero-order chi connectivity index (χ0) is 15.5. The van der Waals surface area contributed by atoms with Crippen molar-refractivity contribution in [3.8, 4) is 5.75 Å². The summed E-state index contributed by atoms with van der Waals surface area (Å²) in [5.74, 6) is 0.926. The number of nitrogens with one attached hydrogen (secondary N) is 1. The highest BCUT2D eigenvalue weighted by atomic mass is 16.5. The molecule has 0 amide bonds. The van der Waals surface area contributed by atoms with E-state index in [9.17, 15) is 0 Å². The summed E-state index contributed by atoms with van der Waals surface area (Å²) in [7, 11) is 1.71. The third-order valence-electron chi connectivity index (χ3n) is 5.13. The molecule has 0 bridgehead atoms. The van der Waals surface area contributed by atoms with Gasteiger partial charge in [0.2, 0.25) is 0 Å². The van der Waals surface area contributed by atoms with Gasteiger partial charge >= 0.3 is 0 Å². The first-order valence-corrected chi connectivity index (χ1v) is 8.08. The van der Waals surface area contributed by atoms with Crippen molar-refractivity contribution in [2.75, 3.05) is 20.2 Å². The first-order valence-electron chi connectivity index (χ1n) is 8.08. The average molecular weight is 290 g/mol. The number of benzene rings is 1. The molecule has 3 nitrogen and oxygen atoms in total. The molecule has 0 spiro atoms. The molecule has 0 aromatic heterocycles. The fourth-order valence-corrected chi connectivity index (χ4v) is 3.10. The van der Waals surface area contributed by atoms with E-state index in [0.717, 1.165) is 25.4 Å². The fraction of sp³-hybridized carbons (Fsp3) is 0.667. The van der Waals surface area contributed by atoms with Gasteiger partial charge < -0.3 is 10.1 Å². The van der Waals surface area contributed by atoms with Crippen LogP contribution in [0.4, 0.5) is 0 Å². The second-order valence-electron chi connectivity index (χ2n) is 6.86. The van der Waals surface area contributed by atoms with Gasteiger partial charge in [0.25, 0.3) is 0 Å². The molecule has 118 valence electrons. The van der Waals surface area contributed by atoms with E-state index in [1.807, 2.05) is 0 Å². The van der Waals surface area contributed by atoms with E-state index in [0.29, 0.717) is 0 Å². The van der Waals surface area contributed by atoms with Gasteiger partial charge in [-0.2, -0.15) is 0 Å². The molecule has 0 unspecified atom stereocenters. The summed E-state index contributed by atoms with van der Waals surface area (Å²) in [6, 6.07) is 8.46. The van der Waals surface area contributed by atoms with Crippen molar-refractivity contribution in [1.29, 1.82) is 0 Å². The van der Waals surface area contributed by atoms with E-state index in [1.165, 1.54) is 18.4 Å². The van der Waals surface area contributed by atoms with Crippen molar-refractivity contribution in [3.63, 3.8) is 0 Å². The van der Waals surface area contributed by atoms with Crippen LogP contribution in [0.2, 0.25) is 0 Å². The Morgan fingerprint density at radius 1 is 1.14 bits per heavy atom. The Morgan fingerprint density at radius 3 is 2.29 bits per heavy atom. The lowest BCUT2D eigenvalue weighted by molar-refractivity contribution is 0.0162. The van der Waals surface area contributed by atoms with Crippen molar-refractivity contribution in [1.82, 2.24) is 10.2 Å². The maximum atomic E-state index is 5.24. The standard InChI is InChI=1S/C18H30N2O/c1-6-18(7-2)14-20(17(3,4)13-19-18)12-15-8-10-16(21-5)11-9-15/h8-11,19H,6-7,12-14H2,1-5H3. The van der Waals surface area contributed by atoms with Crippen LogP contribution in [0.5, 0.6) is 5.75 Å². The van der Waals surface area contributed by atoms with Gasteiger partial charge in [0, 0.05) is 30.7 Å². The van der Waals surface area contributed by atoms with E-state index < -0.39 is 0 Å². The van der Waals surface area contributed by atoms with Gasteiger partial charge in [-0.05, 0) is 44.4 Å². The molecular weight excluding hydrogens is 260 g/mol. The van der Waals surface area contributed by atoms with Crippen molar-refractivity contribution < 1.29 is 4.74 Å². The Kier molecular flexibility index (Phi) is 4.95. The summed E-state index contributed by atoms with van der Waals surface area (Å²) in [5, 5.41) is 3.79. The molecule has 1 N–H and O–H groups in total. The van der Waals surface area contributed by atoms with Crippen LogP contribution in [-0.4, -0.2) is 36.2 Å². The minimum atomic E-state index is 0.188. The van der Waals surface area contributed by atoms with Crippen molar-refractivity contribution in [2.24, 2.45) is 0 Å². The van der Waals surface area contributed by atoms with Crippen molar-refractivity contribution in [2.45, 2.75) is 58.2 Å². The summed E-state index contributed by atoms with van der Waals surface area (Å²) < 4.78 is 5.24. The third-order valence-corrected chi connectivity index (χ3v) is 5.13.